The van der Waals surface area contributed by atoms with Gasteiger partial charge in [0, 0.05) is 26.2 Å². The Bertz CT molecular complexity index is 3090. The van der Waals surface area contributed by atoms with Crippen molar-refractivity contribution in [1.29, 1.82) is 0 Å². The standard InChI is InChI=1S/C48H28OS/c1-2-13-29(14-3-1)44-35-20-6-8-22-37(35)45(38-23-9-7-21-36(38)44)31-16-12-15-30(27-31)41-28-43-46(34-19-5-4-17-32(34)41)40-26-25-39-33-18-10-11-24-42(33)49-47(39)48(40)50-43/h1-28H. The van der Waals surface area contributed by atoms with Crippen LogP contribution in [0.3, 0.4) is 0 Å². The Balaban J connectivity index is 1.17. The van der Waals surface area contributed by atoms with E-state index in [9.17, 15) is 0 Å². The Labute approximate surface area is 292 Å². The largest absolute Gasteiger partial charge is 0.455 e. The van der Waals surface area contributed by atoms with Crippen LogP contribution >= 0.6 is 11.3 Å². The van der Waals surface area contributed by atoms with Crippen LogP contribution in [0.25, 0.3) is 108 Å². The summed E-state index contributed by atoms with van der Waals surface area (Å²) in [5, 5.41) is 12.5. The molecular weight excluding hydrogens is 625 g/mol. The molecule has 0 aliphatic rings. The van der Waals surface area contributed by atoms with Crippen LogP contribution in [0, 0.1) is 0 Å². The van der Waals surface area contributed by atoms with Gasteiger partial charge in [-0.3, -0.25) is 0 Å². The molecule has 0 saturated carbocycles. The lowest BCUT2D eigenvalue weighted by Crippen LogP contribution is -1.91. The topological polar surface area (TPSA) is 13.1 Å². The van der Waals surface area contributed by atoms with Crippen molar-refractivity contribution in [1.82, 2.24) is 0 Å². The highest BCUT2D eigenvalue weighted by Gasteiger charge is 2.20. The number of thiophene rings is 1. The van der Waals surface area contributed by atoms with Gasteiger partial charge in [-0.05, 0) is 90.0 Å². The normalized spacial score (nSPS) is 12.0. The van der Waals surface area contributed by atoms with Crippen molar-refractivity contribution in [3.05, 3.63) is 170 Å². The van der Waals surface area contributed by atoms with E-state index < -0.39 is 0 Å². The first-order chi connectivity index (χ1) is 24.8. The molecule has 0 atom stereocenters. The number of furan rings is 1. The second-order valence-corrected chi connectivity index (χ2v) is 14.2. The van der Waals surface area contributed by atoms with Crippen LogP contribution in [0.1, 0.15) is 0 Å². The first-order valence-corrected chi connectivity index (χ1v) is 17.9. The Hall–Kier alpha value is -6.22. The molecule has 0 aliphatic heterocycles. The molecule has 11 aromatic rings. The Morgan fingerprint density at radius 3 is 1.62 bits per heavy atom. The lowest BCUT2D eigenvalue weighted by atomic mass is 9.85. The van der Waals surface area contributed by atoms with Crippen LogP contribution < -0.4 is 0 Å². The van der Waals surface area contributed by atoms with E-state index in [4.69, 9.17) is 4.42 Å². The van der Waals surface area contributed by atoms with Gasteiger partial charge in [0.25, 0.3) is 0 Å². The fourth-order valence-electron chi connectivity index (χ4n) is 8.32. The predicted molar refractivity (Wildman–Crippen MR) is 215 cm³/mol. The van der Waals surface area contributed by atoms with Crippen LogP contribution in [0.15, 0.2) is 174 Å². The highest BCUT2D eigenvalue weighted by Crippen LogP contribution is 2.48. The van der Waals surface area contributed by atoms with Crippen LogP contribution in [0.2, 0.25) is 0 Å². The van der Waals surface area contributed by atoms with E-state index in [0.717, 1.165) is 11.2 Å². The van der Waals surface area contributed by atoms with Crippen molar-refractivity contribution in [3.8, 4) is 33.4 Å². The Morgan fingerprint density at radius 1 is 0.360 bits per heavy atom. The molecule has 2 heteroatoms. The number of para-hydroxylation sites is 1. The summed E-state index contributed by atoms with van der Waals surface area (Å²) in [7, 11) is 0. The van der Waals surface area contributed by atoms with Gasteiger partial charge in [-0.2, -0.15) is 0 Å². The molecule has 0 amide bonds. The monoisotopic (exact) mass is 652 g/mol. The highest BCUT2D eigenvalue weighted by molar-refractivity contribution is 7.26. The summed E-state index contributed by atoms with van der Waals surface area (Å²) in [5.41, 5.74) is 9.40. The van der Waals surface area contributed by atoms with Gasteiger partial charge in [-0.25, -0.2) is 0 Å². The minimum atomic E-state index is 0.937. The summed E-state index contributed by atoms with van der Waals surface area (Å²) >= 11 is 1.84. The summed E-state index contributed by atoms with van der Waals surface area (Å²) in [6.45, 7) is 0. The molecule has 0 aliphatic carbocycles. The van der Waals surface area contributed by atoms with E-state index in [1.54, 1.807) is 0 Å². The van der Waals surface area contributed by atoms with Crippen molar-refractivity contribution in [2.75, 3.05) is 0 Å². The zero-order valence-electron chi connectivity index (χ0n) is 27.0. The zero-order chi connectivity index (χ0) is 32.8. The predicted octanol–water partition coefficient (Wildman–Crippen LogP) is 14.4. The van der Waals surface area contributed by atoms with Gasteiger partial charge in [0.05, 0.1) is 4.70 Å². The van der Waals surface area contributed by atoms with Crippen molar-refractivity contribution >= 4 is 85.8 Å². The molecule has 2 aromatic heterocycles. The SMILES string of the molecule is c1ccc(-c2c3ccccc3c(-c3cccc(-c4cc5sc6c(ccc7c8ccccc8oc76)c5c5ccccc45)c3)c3ccccc23)cc1. The molecule has 9 aromatic carbocycles. The van der Waals surface area contributed by atoms with Crippen LogP contribution in [-0.4, -0.2) is 0 Å². The van der Waals surface area contributed by atoms with Crippen molar-refractivity contribution in [2.45, 2.75) is 0 Å². The zero-order valence-corrected chi connectivity index (χ0v) is 27.8. The van der Waals surface area contributed by atoms with Gasteiger partial charge >= 0.3 is 0 Å². The van der Waals surface area contributed by atoms with E-state index in [1.165, 1.54) is 96.6 Å². The first-order valence-electron chi connectivity index (χ1n) is 17.1. The minimum absolute atomic E-state index is 0.937. The van der Waals surface area contributed by atoms with Gasteiger partial charge in [-0.1, -0.05) is 146 Å². The van der Waals surface area contributed by atoms with E-state index >= 15 is 0 Å². The highest BCUT2D eigenvalue weighted by atomic mass is 32.1. The third kappa shape index (κ3) is 3.94. The van der Waals surface area contributed by atoms with E-state index in [-0.39, 0.29) is 0 Å². The smallest absolute Gasteiger partial charge is 0.153 e. The minimum Gasteiger partial charge on any atom is -0.455 e. The maximum Gasteiger partial charge on any atom is 0.153 e. The van der Waals surface area contributed by atoms with Crippen molar-refractivity contribution < 1.29 is 4.42 Å². The fourth-order valence-corrected chi connectivity index (χ4v) is 9.56. The second kappa shape index (κ2) is 10.6. The number of fused-ring (bicyclic) bond motifs is 11. The van der Waals surface area contributed by atoms with E-state index in [2.05, 4.69) is 164 Å². The molecule has 0 unspecified atom stereocenters. The maximum absolute atomic E-state index is 6.50. The molecule has 0 N–H and O–H groups in total. The van der Waals surface area contributed by atoms with Crippen LogP contribution in [0.5, 0.6) is 0 Å². The molecule has 2 heterocycles. The molecule has 50 heavy (non-hydrogen) atoms. The summed E-state index contributed by atoms with van der Waals surface area (Å²) in [5.74, 6) is 0. The summed E-state index contributed by atoms with van der Waals surface area (Å²) in [6, 6.07) is 61.9. The number of benzene rings is 9. The van der Waals surface area contributed by atoms with Crippen LogP contribution in [-0.2, 0) is 0 Å². The van der Waals surface area contributed by atoms with E-state index in [0.29, 0.717) is 0 Å². The number of rotatable bonds is 3. The fraction of sp³-hybridized carbons (Fsp3) is 0. The Kier molecular flexibility index (Phi) is 5.89. The number of hydrogen-bond acceptors (Lipinski definition) is 2. The molecular formula is C48H28OS. The lowest BCUT2D eigenvalue weighted by Gasteiger charge is -2.18. The molecule has 1 nitrogen and oxygen atoms in total. The molecule has 0 radical (unpaired) electrons. The van der Waals surface area contributed by atoms with Gasteiger partial charge in [0.1, 0.15) is 5.58 Å². The average molecular weight is 653 g/mol. The second-order valence-electron chi connectivity index (χ2n) is 13.2. The summed E-state index contributed by atoms with van der Waals surface area (Å²) in [6.07, 6.45) is 0. The van der Waals surface area contributed by atoms with Gasteiger partial charge in [-0.15, -0.1) is 11.3 Å². The average Bonchev–Trinajstić information content (AvgIpc) is 3.76. The molecule has 0 bridgehead atoms. The number of hydrogen-bond donors (Lipinski definition) is 0. The molecule has 0 spiro atoms. The van der Waals surface area contributed by atoms with Gasteiger partial charge in [0.2, 0.25) is 0 Å². The van der Waals surface area contributed by atoms with Gasteiger partial charge in [0.15, 0.2) is 5.58 Å². The maximum atomic E-state index is 6.50. The summed E-state index contributed by atoms with van der Waals surface area (Å²) in [4.78, 5) is 0. The van der Waals surface area contributed by atoms with Gasteiger partial charge < -0.3 is 4.42 Å². The molecule has 0 saturated heterocycles. The molecule has 232 valence electrons. The molecule has 0 fully saturated rings. The third-order valence-corrected chi connectivity index (χ3v) is 11.6. The van der Waals surface area contributed by atoms with Crippen molar-refractivity contribution in [2.24, 2.45) is 0 Å². The molecule has 11 rings (SSSR count). The third-order valence-electron chi connectivity index (χ3n) is 10.4. The quantitative estimate of drug-likeness (QED) is 0.173. The van der Waals surface area contributed by atoms with E-state index in [1.807, 2.05) is 17.4 Å². The summed E-state index contributed by atoms with van der Waals surface area (Å²) < 4.78 is 8.99. The van der Waals surface area contributed by atoms with Crippen LogP contribution in [0.4, 0.5) is 0 Å². The first kappa shape index (κ1) is 27.7. The lowest BCUT2D eigenvalue weighted by molar-refractivity contribution is 0.673. The Morgan fingerprint density at radius 2 is 0.900 bits per heavy atom. The van der Waals surface area contributed by atoms with Crippen molar-refractivity contribution in [3.63, 3.8) is 0 Å².